The molecule has 3 heteroatoms. The molecule has 1 unspecified atom stereocenters. The maximum Gasteiger partial charge on any atom is 0.0700 e. The van der Waals surface area contributed by atoms with Gasteiger partial charge in [0.1, 0.15) is 0 Å². The van der Waals surface area contributed by atoms with E-state index >= 15 is 0 Å². The number of rotatable bonds is 9. The lowest BCUT2D eigenvalue weighted by Crippen LogP contribution is -2.26. The first-order valence-electron chi connectivity index (χ1n) is 6.46. The van der Waals surface area contributed by atoms with Crippen molar-refractivity contribution in [2.45, 2.75) is 51.0 Å². The first-order valence-corrected chi connectivity index (χ1v) is 6.46. The third-order valence-electron chi connectivity index (χ3n) is 2.95. The maximum absolute atomic E-state index is 5.54. The van der Waals surface area contributed by atoms with Gasteiger partial charge in [0, 0.05) is 13.2 Å². The van der Waals surface area contributed by atoms with Crippen LogP contribution in [0.3, 0.4) is 0 Å². The third-order valence-corrected chi connectivity index (χ3v) is 2.95. The van der Waals surface area contributed by atoms with E-state index in [4.69, 9.17) is 10.5 Å². The average molecular weight is 214 g/mol. The summed E-state index contributed by atoms with van der Waals surface area (Å²) in [4.78, 5) is 0. The SMILES string of the molecule is NCCCCCCCNCC1CCCO1. The monoisotopic (exact) mass is 214 g/mol. The van der Waals surface area contributed by atoms with Gasteiger partial charge in [-0.2, -0.15) is 0 Å². The van der Waals surface area contributed by atoms with Gasteiger partial charge in [0.2, 0.25) is 0 Å². The summed E-state index contributed by atoms with van der Waals surface area (Å²) in [7, 11) is 0. The topological polar surface area (TPSA) is 47.3 Å². The van der Waals surface area contributed by atoms with Crippen LogP contribution in [0.15, 0.2) is 0 Å². The Bertz CT molecular complexity index is 136. The Labute approximate surface area is 93.8 Å². The minimum Gasteiger partial charge on any atom is -0.377 e. The van der Waals surface area contributed by atoms with Gasteiger partial charge < -0.3 is 15.8 Å². The zero-order valence-electron chi connectivity index (χ0n) is 9.84. The van der Waals surface area contributed by atoms with Crippen LogP contribution >= 0.6 is 0 Å². The zero-order valence-corrected chi connectivity index (χ0v) is 9.84. The van der Waals surface area contributed by atoms with Gasteiger partial charge in [0.05, 0.1) is 6.10 Å². The second-order valence-electron chi connectivity index (χ2n) is 4.40. The fraction of sp³-hybridized carbons (Fsp3) is 1.00. The van der Waals surface area contributed by atoms with Gasteiger partial charge in [0.15, 0.2) is 0 Å². The van der Waals surface area contributed by atoms with Crippen LogP contribution in [0.4, 0.5) is 0 Å². The maximum atomic E-state index is 5.54. The average Bonchev–Trinajstić information content (AvgIpc) is 2.75. The van der Waals surface area contributed by atoms with Crippen LogP contribution in [-0.4, -0.2) is 32.3 Å². The standard InChI is InChI=1S/C12H26N2O/c13-8-4-2-1-3-5-9-14-11-12-7-6-10-15-12/h12,14H,1-11,13H2. The van der Waals surface area contributed by atoms with Crippen molar-refractivity contribution in [3.05, 3.63) is 0 Å². The Balaban J connectivity index is 1.73. The van der Waals surface area contributed by atoms with E-state index in [1.54, 1.807) is 0 Å². The summed E-state index contributed by atoms with van der Waals surface area (Å²) in [5, 5.41) is 3.47. The lowest BCUT2D eigenvalue weighted by Gasteiger charge is -2.10. The normalized spacial score (nSPS) is 21.0. The second kappa shape index (κ2) is 9.13. The van der Waals surface area contributed by atoms with E-state index in [1.165, 1.54) is 44.9 Å². The Morgan fingerprint density at radius 1 is 1.13 bits per heavy atom. The molecule has 0 spiro atoms. The largest absolute Gasteiger partial charge is 0.377 e. The zero-order chi connectivity index (χ0) is 10.8. The molecule has 15 heavy (non-hydrogen) atoms. The molecule has 0 aromatic rings. The highest BCUT2D eigenvalue weighted by Gasteiger charge is 2.13. The summed E-state index contributed by atoms with van der Waals surface area (Å²) >= 11 is 0. The Morgan fingerprint density at radius 2 is 1.93 bits per heavy atom. The molecular formula is C12H26N2O. The van der Waals surface area contributed by atoms with E-state index in [9.17, 15) is 0 Å². The van der Waals surface area contributed by atoms with Crippen LogP contribution in [0.1, 0.15) is 44.9 Å². The molecule has 0 aliphatic carbocycles. The van der Waals surface area contributed by atoms with Crippen LogP contribution < -0.4 is 11.1 Å². The number of unbranched alkanes of at least 4 members (excludes halogenated alkanes) is 4. The highest BCUT2D eigenvalue weighted by molar-refractivity contribution is 4.67. The summed E-state index contributed by atoms with van der Waals surface area (Å²) in [5.41, 5.74) is 5.43. The van der Waals surface area contributed by atoms with Gasteiger partial charge in [-0.3, -0.25) is 0 Å². The van der Waals surface area contributed by atoms with E-state index in [2.05, 4.69) is 5.32 Å². The van der Waals surface area contributed by atoms with Crippen LogP contribution in [0.2, 0.25) is 0 Å². The van der Waals surface area contributed by atoms with E-state index in [0.717, 1.165) is 26.2 Å². The molecule has 1 rings (SSSR count). The number of hydrogen-bond donors (Lipinski definition) is 2. The summed E-state index contributed by atoms with van der Waals surface area (Å²) in [6, 6.07) is 0. The molecule has 1 fully saturated rings. The lowest BCUT2D eigenvalue weighted by molar-refractivity contribution is 0.110. The lowest BCUT2D eigenvalue weighted by atomic mass is 10.1. The molecule has 1 aliphatic heterocycles. The molecule has 0 aromatic heterocycles. The highest BCUT2D eigenvalue weighted by atomic mass is 16.5. The first kappa shape index (κ1) is 12.9. The van der Waals surface area contributed by atoms with Crippen molar-refractivity contribution in [2.24, 2.45) is 5.73 Å². The van der Waals surface area contributed by atoms with Crippen molar-refractivity contribution in [2.75, 3.05) is 26.2 Å². The summed E-state index contributed by atoms with van der Waals surface area (Å²) in [6.45, 7) is 3.99. The van der Waals surface area contributed by atoms with E-state index in [0.29, 0.717) is 6.10 Å². The summed E-state index contributed by atoms with van der Waals surface area (Å²) in [5.74, 6) is 0. The highest BCUT2D eigenvalue weighted by Crippen LogP contribution is 2.10. The minimum absolute atomic E-state index is 0.488. The quantitative estimate of drug-likeness (QED) is 0.574. The van der Waals surface area contributed by atoms with Crippen molar-refractivity contribution in [1.82, 2.24) is 5.32 Å². The van der Waals surface area contributed by atoms with Gasteiger partial charge >= 0.3 is 0 Å². The molecule has 3 N–H and O–H groups in total. The predicted molar refractivity (Wildman–Crippen MR) is 64.0 cm³/mol. The van der Waals surface area contributed by atoms with E-state index in [1.807, 2.05) is 0 Å². The molecule has 0 amide bonds. The van der Waals surface area contributed by atoms with Gasteiger partial charge in [-0.1, -0.05) is 19.3 Å². The second-order valence-corrected chi connectivity index (χ2v) is 4.40. The van der Waals surface area contributed by atoms with Gasteiger partial charge in [0.25, 0.3) is 0 Å². The number of nitrogens with one attached hydrogen (secondary N) is 1. The van der Waals surface area contributed by atoms with Gasteiger partial charge in [-0.15, -0.1) is 0 Å². The van der Waals surface area contributed by atoms with E-state index in [-0.39, 0.29) is 0 Å². The van der Waals surface area contributed by atoms with Crippen molar-refractivity contribution in [3.8, 4) is 0 Å². The molecule has 0 bridgehead atoms. The summed E-state index contributed by atoms with van der Waals surface area (Å²) in [6.07, 6.45) is 9.40. The van der Waals surface area contributed by atoms with Crippen molar-refractivity contribution >= 4 is 0 Å². The molecule has 1 saturated heterocycles. The molecule has 0 radical (unpaired) electrons. The third kappa shape index (κ3) is 6.88. The van der Waals surface area contributed by atoms with Gasteiger partial charge in [-0.05, 0) is 38.8 Å². The van der Waals surface area contributed by atoms with Crippen LogP contribution in [-0.2, 0) is 4.74 Å². The van der Waals surface area contributed by atoms with Crippen LogP contribution in [0, 0.1) is 0 Å². The molecule has 90 valence electrons. The molecule has 0 saturated carbocycles. The number of ether oxygens (including phenoxy) is 1. The molecule has 1 atom stereocenters. The van der Waals surface area contributed by atoms with Gasteiger partial charge in [-0.25, -0.2) is 0 Å². The Hall–Kier alpha value is -0.120. The van der Waals surface area contributed by atoms with Crippen molar-refractivity contribution < 1.29 is 4.74 Å². The number of hydrogen-bond acceptors (Lipinski definition) is 3. The van der Waals surface area contributed by atoms with Crippen molar-refractivity contribution in [1.29, 1.82) is 0 Å². The minimum atomic E-state index is 0.488. The Kier molecular flexibility index (Phi) is 7.88. The first-order chi connectivity index (χ1) is 7.43. The smallest absolute Gasteiger partial charge is 0.0700 e. The Morgan fingerprint density at radius 3 is 2.67 bits per heavy atom. The fourth-order valence-corrected chi connectivity index (χ4v) is 1.99. The van der Waals surface area contributed by atoms with E-state index < -0.39 is 0 Å². The molecule has 3 nitrogen and oxygen atoms in total. The fourth-order valence-electron chi connectivity index (χ4n) is 1.99. The molecule has 0 aromatic carbocycles. The predicted octanol–water partition coefficient (Wildman–Crippen LogP) is 1.66. The molecule has 1 aliphatic rings. The summed E-state index contributed by atoms with van der Waals surface area (Å²) < 4.78 is 5.54. The molecular weight excluding hydrogens is 188 g/mol. The van der Waals surface area contributed by atoms with Crippen LogP contribution in [0.25, 0.3) is 0 Å². The number of nitrogens with two attached hydrogens (primary N) is 1. The van der Waals surface area contributed by atoms with Crippen molar-refractivity contribution in [3.63, 3.8) is 0 Å². The molecule has 1 heterocycles. The van der Waals surface area contributed by atoms with Crippen LogP contribution in [0.5, 0.6) is 0 Å².